The van der Waals surface area contributed by atoms with Gasteiger partial charge in [-0.25, -0.2) is 13.1 Å². The molecule has 2 rings (SSSR count). The summed E-state index contributed by atoms with van der Waals surface area (Å²) in [5.74, 6) is 0.0525. The number of nitrogens with one attached hydrogen (secondary N) is 2. The van der Waals surface area contributed by atoms with Crippen LogP contribution in [0.15, 0.2) is 17.2 Å². The fourth-order valence-corrected chi connectivity index (χ4v) is 2.90. The molecular formula is C12H19N3O4S. The first-order valence-electron chi connectivity index (χ1n) is 6.40. The summed E-state index contributed by atoms with van der Waals surface area (Å²) in [6.45, 7) is 1.93. The number of aromatic nitrogens is 1. The van der Waals surface area contributed by atoms with Crippen LogP contribution < -0.4 is 10.0 Å². The van der Waals surface area contributed by atoms with E-state index in [9.17, 15) is 13.2 Å². The van der Waals surface area contributed by atoms with E-state index in [1.165, 1.54) is 23.9 Å². The summed E-state index contributed by atoms with van der Waals surface area (Å²) in [4.78, 5) is 12.1. The number of aryl methyl sites for hydroxylation is 1. The molecule has 1 saturated heterocycles. The van der Waals surface area contributed by atoms with Gasteiger partial charge in [-0.2, -0.15) is 0 Å². The van der Waals surface area contributed by atoms with E-state index in [1.54, 1.807) is 7.05 Å². The van der Waals surface area contributed by atoms with Gasteiger partial charge in [-0.3, -0.25) is 4.79 Å². The molecule has 112 valence electrons. The van der Waals surface area contributed by atoms with Gasteiger partial charge in [-0.05, 0) is 19.5 Å². The molecule has 1 amide bonds. The average molecular weight is 301 g/mol. The monoisotopic (exact) mass is 301 g/mol. The summed E-state index contributed by atoms with van der Waals surface area (Å²) in [6.07, 6.45) is 2.35. The third kappa shape index (κ3) is 3.20. The first-order valence-corrected chi connectivity index (χ1v) is 7.88. The Kier molecular flexibility index (Phi) is 4.46. The highest BCUT2D eigenvalue weighted by Crippen LogP contribution is 2.14. The summed E-state index contributed by atoms with van der Waals surface area (Å²) in [6, 6.07) is 1.37. The molecule has 7 nitrogen and oxygen atoms in total. The molecule has 1 aliphatic rings. The Hall–Kier alpha value is -1.38. The van der Waals surface area contributed by atoms with Crippen LogP contribution in [0, 0.1) is 5.92 Å². The van der Waals surface area contributed by atoms with E-state index in [1.807, 2.05) is 0 Å². The number of amides is 1. The number of hydrogen-bond acceptors (Lipinski definition) is 4. The number of nitrogens with zero attached hydrogens (tertiary/aromatic N) is 1. The number of ether oxygens (including phenoxy) is 1. The normalized spacial score (nSPS) is 19.2. The van der Waals surface area contributed by atoms with E-state index in [4.69, 9.17) is 4.74 Å². The van der Waals surface area contributed by atoms with Crippen molar-refractivity contribution < 1.29 is 17.9 Å². The highest BCUT2D eigenvalue weighted by molar-refractivity contribution is 7.89. The molecule has 0 aliphatic carbocycles. The lowest BCUT2D eigenvalue weighted by Crippen LogP contribution is -2.30. The summed E-state index contributed by atoms with van der Waals surface area (Å²) < 4.78 is 32.3. The number of carbonyl (C=O) groups is 1. The van der Waals surface area contributed by atoms with Crippen LogP contribution in [0.4, 0.5) is 0 Å². The number of carbonyl (C=O) groups excluding carboxylic acids is 1. The van der Waals surface area contributed by atoms with E-state index in [-0.39, 0.29) is 10.8 Å². The molecule has 1 atom stereocenters. The largest absolute Gasteiger partial charge is 0.381 e. The fourth-order valence-electron chi connectivity index (χ4n) is 2.10. The predicted molar refractivity (Wildman–Crippen MR) is 72.9 cm³/mol. The quantitative estimate of drug-likeness (QED) is 0.781. The molecule has 1 aliphatic heterocycles. The zero-order chi connectivity index (χ0) is 14.8. The summed E-state index contributed by atoms with van der Waals surface area (Å²) in [5.41, 5.74) is 0.317. The first-order chi connectivity index (χ1) is 9.44. The van der Waals surface area contributed by atoms with E-state index in [0.717, 1.165) is 13.0 Å². The summed E-state index contributed by atoms with van der Waals surface area (Å²) in [5, 5.41) is 2.81. The second-order valence-electron chi connectivity index (χ2n) is 4.82. The van der Waals surface area contributed by atoms with Crippen LogP contribution in [0.1, 0.15) is 16.9 Å². The Morgan fingerprint density at radius 1 is 1.55 bits per heavy atom. The number of hydrogen-bond donors (Lipinski definition) is 2. The standard InChI is InChI=1S/C12H19N3O4S/c1-13-20(17,18)10-5-11(15(2)7-10)12(16)14-6-9-3-4-19-8-9/h5,7,9,13H,3-4,6,8H2,1-2H3,(H,14,16)/t9-/m1/s1. The third-order valence-corrected chi connectivity index (χ3v) is 4.75. The third-order valence-electron chi connectivity index (χ3n) is 3.37. The minimum atomic E-state index is -3.53. The highest BCUT2D eigenvalue weighted by Gasteiger charge is 2.21. The molecular weight excluding hydrogens is 282 g/mol. The van der Waals surface area contributed by atoms with Gasteiger partial charge >= 0.3 is 0 Å². The van der Waals surface area contributed by atoms with Crippen LogP contribution in [0.5, 0.6) is 0 Å². The Labute approximate surface area is 118 Å². The van der Waals surface area contributed by atoms with Crippen molar-refractivity contribution in [1.82, 2.24) is 14.6 Å². The van der Waals surface area contributed by atoms with Gasteiger partial charge in [0, 0.05) is 32.3 Å². The van der Waals surface area contributed by atoms with Crippen LogP contribution in [0.2, 0.25) is 0 Å². The van der Waals surface area contributed by atoms with E-state index in [0.29, 0.717) is 24.8 Å². The van der Waals surface area contributed by atoms with Crippen LogP contribution in [0.3, 0.4) is 0 Å². The predicted octanol–water partition coefficient (Wildman–Crippen LogP) is -0.300. The van der Waals surface area contributed by atoms with E-state index < -0.39 is 10.0 Å². The van der Waals surface area contributed by atoms with Gasteiger partial charge in [0.1, 0.15) is 10.6 Å². The van der Waals surface area contributed by atoms with Crippen molar-refractivity contribution in [2.45, 2.75) is 11.3 Å². The fraction of sp³-hybridized carbons (Fsp3) is 0.583. The van der Waals surface area contributed by atoms with Gasteiger partial charge in [-0.15, -0.1) is 0 Å². The minimum Gasteiger partial charge on any atom is -0.381 e. The first kappa shape index (κ1) is 15.0. The molecule has 0 aromatic carbocycles. The lowest BCUT2D eigenvalue weighted by atomic mass is 10.1. The van der Waals surface area contributed by atoms with Gasteiger partial charge in [-0.1, -0.05) is 0 Å². The maximum absolute atomic E-state index is 12.1. The zero-order valence-corrected chi connectivity index (χ0v) is 12.4. The number of sulfonamides is 1. The van der Waals surface area contributed by atoms with Crippen LogP contribution >= 0.6 is 0 Å². The molecule has 20 heavy (non-hydrogen) atoms. The molecule has 0 spiro atoms. The molecule has 0 unspecified atom stereocenters. The van der Waals surface area contributed by atoms with Crippen molar-refractivity contribution in [3.05, 3.63) is 18.0 Å². The average Bonchev–Trinajstić information content (AvgIpc) is 3.05. The summed E-state index contributed by atoms with van der Waals surface area (Å²) >= 11 is 0. The van der Waals surface area contributed by atoms with Crippen molar-refractivity contribution in [3.8, 4) is 0 Å². The summed E-state index contributed by atoms with van der Waals surface area (Å²) in [7, 11) is -0.558. The smallest absolute Gasteiger partial charge is 0.267 e. The molecule has 1 aromatic heterocycles. The zero-order valence-electron chi connectivity index (χ0n) is 11.5. The van der Waals surface area contributed by atoms with Crippen molar-refractivity contribution in [3.63, 3.8) is 0 Å². The van der Waals surface area contributed by atoms with Crippen molar-refractivity contribution in [1.29, 1.82) is 0 Å². The Morgan fingerprint density at radius 2 is 2.30 bits per heavy atom. The van der Waals surface area contributed by atoms with Gasteiger partial charge in [0.05, 0.1) is 6.61 Å². The van der Waals surface area contributed by atoms with Gasteiger partial charge in [0.25, 0.3) is 5.91 Å². The maximum Gasteiger partial charge on any atom is 0.267 e. The van der Waals surface area contributed by atoms with Crippen LogP contribution in [-0.2, 0) is 21.8 Å². The molecule has 2 N–H and O–H groups in total. The van der Waals surface area contributed by atoms with Gasteiger partial charge < -0.3 is 14.6 Å². The molecule has 0 radical (unpaired) electrons. The van der Waals surface area contributed by atoms with Crippen LogP contribution in [-0.4, -0.2) is 45.7 Å². The van der Waals surface area contributed by atoms with Crippen molar-refractivity contribution in [2.24, 2.45) is 13.0 Å². The lowest BCUT2D eigenvalue weighted by molar-refractivity contribution is 0.0937. The van der Waals surface area contributed by atoms with Crippen molar-refractivity contribution >= 4 is 15.9 Å². The molecule has 1 fully saturated rings. The second kappa shape index (κ2) is 5.94. The maximum atomic E-state index is 12.1. The lowest BCUT2D eigenvalue weighted by Gasteiger charge is -2.09. The Bertz CT molecular complexity index is 588. The Balaban J connectivity index is 2.06. The topological polar surface area (TPSA) is 89.4 Å². The van der Waals surface area contributed by atoms with Crippen LogP contribution in [0.25, 0.3) is 0 Å². The SMILES string of the molecule is CNS(=O)(=O)c1cc(C(=O)NC[C@H]2CCOC2)n(C)c1. The Morgan fingerprint density at radius 3 is 2.90 bits per heavy atom. The van der Waals surface area contributed by atoms with Crippen molar-refractivity contribution in [2.75, 3.05) is 26.8 Å². The number of rotatable bonds is 5. The second-order valence-corrected chi connectivity index (χ2v) is 6.71. The van der Waals surface area contributed by atoms with Gasteiger partial charge in [0.2, 0.25) is 10.0 Å². The molecule has 0 saturated carbocycles. The molecule has 0 bridgehead atoms. The van der Waals surface area contributed by atoms with Gasteiger partial charge in [0.15, 0.2) is 0 Å². The highest BCUT2D eigenvalue weighted by atomic mass is 32.2. The molecule has 1 aromatic rings. The minimum absolute atomic E-state index is 0.0804. The molecule has 8 heteroatoms. The van der Waals surface area contributed by atoms with E-state index in [2.05, 4.69) is 10.0 Å². The molecule has 2 heterocycles. The van der Waals surface area contributed by atoms with E-state index >= 15 is 0 Å².